The average Bonchev–Trinajstić information content (AvgIpc) is 2.43. The number of amides is 1. The van der Waals surface area contributed by atoms with Crippen molar-refractivity contribution < 1.29 is 22.0 Å². The van der Waals surface area contributed by atoms with Crippen molar-refractivity contribution in [3.8, 4) is 0 Å². The zero-order chi connectivity index (χ0) is 16.5. The molecule has 2 aromatic carbocycles. The van der Waals surface area contributed by atoms with Gasteiger partial charge in [-0.3, -0.25) is 9.52 Å². The molecule has 5 nitrogen and oxygen atoms in total. The molecule has 0 heterocycles. The second-order valence-electron chi connectivity index (χ2n) is 4.54. The molecule has 2 rings (SSSR count). The summed E-state index contributed by atoms with van der Waals surface area (Å²) in [6.45, 7) is 1.55. The van der Waals surface area contributed by atoms with Crippen LogP contribution in [-0.2, 0) is 10.0 Å². The number of sulfonamides is 1. The number of halogens is 2. The Kier molecular flexibility index (Phi) is 4.14. The van der Waals surface area contributed by atoms with E-state index < -0.39 is 32.5 Å². The highest BCUT2D eigenvalue weighted by molar-refractivity contribution is 7.92. The second-order valence-corrected chi connectivity index (χ2v) is 6.19. The smallest absolute Gasteiger partial charge is 0.264 e. The van der Waals surface area contributed by atoms with Crippen LogP contribution < -0.4 is 10.5 Å². The third-order valence-electron chi connectivity index (χ3n) is 2.96. The van der Waals surface area contributed by atoms with Gasteiger partial charge in [-0.15, -0.1) is 0 Å². The van der Waals surface area contributed by atoms with Crippen LogP contribution >= 0.6 is 0 Å². The summed E-state index contributed by atoms with van der Waals surface area (Å²) in [7, 11) is -4.42. The molecule has 0 atom stereocenters. The third kappa shape index (κ3) is 3.06. The van der Waals surface area contributed by atoms with Gasteiger partial charge in [-0.1, -0.05) is 12.1 Å². The van der Waals surface area contributed by atoms with Crippen LogP contribution in [0, 0.1) is 18.6 Å². The molecule has 116 valence electrons. The van der Waals surface area contributed by atoms with Crippen LogP contribution in [0.25, 0.3) is 0 Å². The molecule has 0 aliphatic rings. The standard InChI is InChI=1S/C14H12F2N2O3S/c1-8-3-2-4-10(14(17)19)13(8)18-22(20,21)12-7-9(15)5-6-11(12)16/h2-7,18H,1H3,(H2,17,19). The molecule has 0 aliphatic carbocycles. The Morgan fingerprint density at radius 3 is 2.50 bits per heavy atom. The molecular weight excluding hydrogens is 314 g/mol. The predicted molar refractivity (Wildman–Crippen MR) is 76.9 cm³/mol. The number of carbonyl (C=O) groups is 1. The van der Waals surface area contributed by atoms with Crippen molar-refractivity contribution in [1.29, 1.82) is 0 Å². The highest BCUT2D eigenvalue weighted by Gasteiger charge is 2.23. The summed E-state index contributed by atoms with van der Waals surface area (Å²) in [5.41, 5.74) is 5.46. The lowest BCUT2D eigenvalue weighted by molar-refractivity contribution is 0.100. The molecule has 0 unspecified atom stereocenters. The van der Waals surface area contributed by atoms with E-state index in [1.807, 2.05) is 0 Å². The normalized spacial score (nSPS) is 11.2. The Morgan fingerprint density at radius 1 is 1.18 bits per heavy atom. The van der Waals surface area contributed by atoms with Gasteiger partial charge in [-0.25, -0.2) is 17.2 Å². The number of rotatable bonds is 4. The van der Waals surface area contributed by atoms with Crippen LogP contribution in [0.15, 0.2) is 41.3 Å². The summed E-state index contributed by atoms with van der Waals surface area (Å²) in [5.74, 6) is -2.86. The van der Waals surface area contributed by atoms with Crippen LogP contribution in [0.5, 0.6) is 0 Å². The lowest BCUT2D eigenvalue weighted by Gasteiger charge is -2.14. The molecule has 0 spiro atoms. The van der Waals surface area contributed by atoms with Gasteiger partial charge >= 0.3 is 0 Å². The molecule has 0 fully saturated rings. The topological polar surface area (TPSA) is 89.3 Å². The number of primary amides is 1. The van der Waals surface area contributed by atoms with Gasteiger partial charge in [-0.2, -0.15) is 0 Å². The van der Waals surface area contributed by atoms with E-state index in [1.54, 1.807) is 13.0 Å². The van der Waals surface area contributed by atoms with Gasteiger partial charge < -0.3 is 5.73 Å². The SMILES string of the molecule is Cc1cccc(C(N)=O)c1NS(=O)(=O)c1cc(F)ccc1F. The van der Waals surface area contributed by atoms with E-state index in [1.165, 1.54) is 12.1 Å². The number of aryl methyl sites for hydroxylation is 1. The predicted octanol–water partition coefficient (Wildman–Crippen LogP) is 2.17. The maximum Gasteiger partial charge on any atom is 0.264 e. The first-order valence-electron chi connectivity index (χ1n) is 6.09. The number of nitrogens with one attached hydrogen (secondary N) is 1. The summed E-state index contributed by atoms with van der Waals surface area (Å²) in [4.78, 5) is 10.5. The molecule has 3 N–H and O–H groups in total. The molecule has 0 aromatic heterocycles. The van der Waals surface area contributed by atoms with E-state index >= 15 is 0 Å². The number of benzene rings is 2. The van der Waals surface area contributed by atoms with Crippen molar-refractivity contribution in [3.05, 3.63) is 59.2 Å². The molecule has 2 aromatic rings. The molecule has 1 amide bonds. The summed E-state index contributed by atoms with van der Waals surface area (Å²) in [5, 5.41) is 0. The summed E-state index contributed by atoms with van der Waals surface area (Å²) in [6.07, 6.45) is 0. The van der Waals surface area contributed by atoms with Gasteiger partial charge in [0.05, 0.1) is 11.3 Å². The first-order chi connectivity index (χ1) is 10.2. The quantitative estimate of drug-likeness (QED) is 0.902. The van der Waals surface area contributed by atoms with Gasteiger partial charge in [0.2, 0.25) is 0 Å². The number of para-hydroxylation sites is 1. The van der Waals surface area contributed by atoms with Gasteiger partial charge in [-0.05, 0) is 36.8 Å². The summed E-state index contributed by atoms with van der Waals surface area (Å²) >= 11 is 0. The Bertz CT molecular complexity index is 851. The molecule has 0 saturated carbocycles. The number of nitrogens with two attached hydrogens (primary N) is 1. The Hall–Kier alpha value is -2.48. The van der Waals surface area contributed by atoms with E-state index in [-0.39, 0.29) is 11.3 Å². The van der Waals surface area contributed by atoms with E-state index in [9.17, 15) is 22.0 Å². The molecular formula is C14H12F2N2O3S. The monoisotopic (exact) mass is 326 g/mol. The van der Waals surface area contributed by atoms with Crippen molar-refractivity contribution in [3.63, 3.8) is 0 Å². The lowest BCUT2D eigenvalue weighted by Crippen LogP contribution is -2.20. The van der Waals surface area contributed by atoms with Gasteiger partial charge in [0, 0.05) is 0 Å². The second kappa shape index (κ2) is 5.72. The number of anilines is 1. The minimum atomic E-state index is -4.42. The maximum atomic E-state index is 13.7. The first-order valence-corrected chi connectivity index (χ1v) is 7.58. The van der Waals surface area contributed by atoms with Crippen LogP contribution in [0.3, 0.4) is 0 Å². The summed E-state index contributed by atoms with van der Waals surface area (Å²) < 4.78 is 53.4. The number of carbonyl (C=O) groups excluding carboxylic acids is 1. The highest BCUT2D eigenvalue weighted by Crippen LogP contribution is 2.25. The van der Waals surface area contributed by atoms with Crippen LogP contribution in [-0.4, -0.2) is 14.3 Å². The fourth-order valence-corrected chi connectivity index (χ4v) is 3.12. The van der Waals surface area contributed by atoms with Gasteiger partial charge in [0.1, 0.15) is 16.5 Å². The Balaban J connectivity index is 2.55. The molecule has 0 aliphatic heterocycles. The van der Waals surface area contributed by atoms with Gasteiger partial charge in [0.25, 0.3) is 15.9 Å². The molecule has 22 heavy (non-hydrogen) atoms. The minimum Gasteiger partial charge on any atom is -0.366 e. The Morgan fingerprint density at radius 2 is 1.86 bits per heavy atom. The minimum absolute atomic E-state index is 0.0691. The fourth-order valence-electron chi connectivity index (χ4n) is 1.88. The van der Waals surface area contributed by atoms with E-state index in [0.29, 0.717) is 17.7 Å². The third-order valence-corrected chi connectivity index (χ3v) is 4.32. The highest BCUT2D eigenvalue weighted by atomic mass is 32.2. The zero-order valence-corrected chi connectivity index (χ0v) is 12.2. The molecule has 0 saturated heterocycles. The van der Waals surface area contributed by atoms with Gasteiger partial charge in [0.15, 0.2) is 0 Å². The Labute approximate surface area is 125 Å². The van der Waals surface area contributed by atoms with Crippen molar-refractivity contribution in [2.75, 3.05) is 4.72 Å². The average molecular weight is 326 g/mol. The number of hydrogen-bond acceptors (Lipinski definition) is 3. The van der Waals surface area contributed by atoms with E-state index in [0.717, 1.165) is 6.07 Å². The molecule has 0 radical (unpaired) electrons. The molecule has 0 bridgehead atoms. The lowest BCUT2D eigenvalue weighted by atomic mass is 10.1. The van der Waals surface area contributed by atoms with Crippen molar-refractivity contribution in [1.82, 2.24) is 0 Å². The summed E-state index contributed by atoms with van der Waals surface area (Å²) in [6, 6.07) is 6.46. The van der Waals surface area contributed by atoms with Crippen LogP contribution in [0.1, 0.15) is 15.9 Å². The zero-order valence-electron chi connectivity index (χ0n) is 11.4. The fraction of sp³-hybridized carbons (Fsp3) is 0.0714. The molecule has 8 heteroatoms. The maximum absolute atomic E-state index is 13.7. The first kappa shape index (κ1) is 15.9. The van der Waals surface area contributed by atoms with E-state index in [4.69, 9.17) is 5.73 Å². The van der Waals surface area contributed by atoms with Crippen LogP contribution in [0.4, 0.5) is 14.5 Å². The van der Waals surface area contributed by atoms with Crippen molar-refractivity contribution >= 4 is 21.6 Å². The van der Waals surface area contributed by atoms with Crippen LogP contribution in [0.2, 0.25) is 0 Å². The van der Waals surface area contributed by atoms with E-state index in [2.05, 4.69) is 4.72 Å². The largest absolute Gasteiger partial charge is 0.366 e. The number of hydrogen-bond donors (Lipinski definition) is 2. The van der Waals surface area contributed by atoms with Crippen molar-refractivity contribution in [2.24, 2.45) is 5.73 Å². The van der Waals surface area contributed by atoms with Crippen molar-refractivity contribution in [2.45, 2.75) is 11.8 Å².